The van der Waals surface area contributed by atoms with Crippen LogP contribution >= 0.6 is 0 Å². The van der Waals surface area contributed by atoms with E-state index in [0.29, 0.717) is 0 Å². The fraction of sp³-hybridized carbons (Fsp3) is 0.273. The Hall–Kier alpha value is -0.901. The second-order valence-electron chi connectivity index (χ2n) is 2.67. The topological polar surface area (TPSA) is 17.1 Å². The molecule has 13 heavy (non-hydrogen) atoms. The van der Waals surface area contributed by atoms with Crippen molar-refractivity contribution in [2.24, 2.45) is 0 Å². The van der Waals surface area contributed by atoms with Crippen LogP contribution in [0.25, 0.3) is 0 Å². The van der Waals surface area contributed by atoms with Crippen molar-refractivity contribution in [1.29, 1.82) is 0 Å². The van der Waals surface area contributed by atoms with Gasteiger partial charge in [0.1, 0.15) is 0 Å². The molecule has 1 rings (SSSR count). The Labute approximate surface area is 83.3 Å². The molecular weight excluding hydrogens is 227 g/mol. The van der Waals surface area contributed by atoms with Gasteiger partial charge in [0.25, 0.3) is 0 Å². The molecule has 0 saturated heterocycles. The summed E-state index contributed by atoms with van der Waals surface area (Å²) < 4.78 is 12.8. The summed E-state index contributed by atoms with van der Waals surface area (Å²) in [7, 11) is 0. The first-order valence-electron chi connectivity index (χ1n) is 4.21. The van der Waals surface area contributed by atoms with Gasteiger partial charge in [-0.05, 0) is 0 Å². The van der Waals surface area contributed by atoms with Gasteiger partial charge in [-0.3, -0.25) is 0 Å². The maximum atomic E-state index is 11.9. The van der Waals surface area contributed by atoms with Crippen molar-refractivity contribution in [3.8, 4) is 12.3 Å². The van der Waals surface area contributed by atoms with E-state index in [1.165, 1.54) is 0 Å². The van der Waals surface area contributed by atoms with Gasteiger partial charge < -0.3 is 0 Å². The molecule has 0 fully saturated rings. The quantitative estimate of drug-likeness (QED) is 0.580. The molecule has 0 heterocycles. The second-order valence-corrected chi connectivity index (χ2v) is 6.10. The summed E-state index contributed by atoms with van der Waals surface area (Å²) in [6.45, 7) is 1.97. The SMILES string of the molecule is C#CC(CC)[Se](=O)c1ccccc1. The molecule has 2 unspecified atom stereocenters. The van der Waals surface area contributed by atoms with Gasteiger partial charge in [-0.1, -0.05) is 0 Å². The van der Waals surface area contributed by atoms with Crippen LogP contribution in [0.4, 0.5) is 0 Å². The van der Waals surface area contributed by atoms with E-state index in [4.69, 9.17) is 6.42 Å². The number of benzene rings is 1. The molecule has 1 aromatic carbocycles. The summed E-state index contributed by atoms with van der Waals surface area (Å²) in [5, 5.41) is 0. The zero-order chi connectivity index (χ0) is 9.68. The van der Waals surface area contributed by atoms with Crippen LogP contribution in [-0.2, 0) is 3.83 Å². The van der Waals surface area contributed by atoms with Gasteiger partial charge in [-0.25, -0.2) is 0 Å². The first kappa shape index (κ1) is 10.2. The molecule has 0 bridgehead atoms. The molecule has 0 amide bonds. The van der Waals surface area contributed by atoms with Crippen molar-refractivity contribution < 1.29 is 3.83 Å². The van der Waals surface area contributed by atoms with Crippen LogP contribution in [0, 0.1) is 12.3 Å². The van der Waals surface area contributed by atoms with Crippen LogP contribution in [0.3, 0.4) is 0 Å². The van der Waals surface area contributed by atoms with E-state index < -0.39 is 13.8 Å². The van der Waals surface area contributed by atoms with Gasteiger partial charge >= 0.3 is 83.0 Å². The Balaban J connectivity index is 2.86. The van der Waals surface area contributed by atoms with Crippen molar-refractivity contribution in [2.45, 2.75) is 18.2 Å². The van der Waals surface area contributed by atoms with E-state index in [2.05, 4.69) is 5.92 Å². The van der Waals surface area contributed by atoms with Crippen LogP contribution in [0.15, 0.2) is 30.3 Å². The molecule has 0 radical (unpaired) electrons. The second kappa shape index (κ2) is 4.97. The van der Waals surface area contributed by atoms with Crippen LogP contribution in [0.1, 0.15) is 13.3 Å². The molecule has 0 aliphatic carbocycles. The number of hydrogen-bond acceptors (Lipinski definition) is 1. The van der Waals surface area contributed by atoms with Crippen LogP contribution in [0.5, 0.6) is 0 Å². The summed E-state index contributed by atoms with van der Waals surface area (Å²) >= 11 is -2.02. The van der Waals surface area contributed by atoms with E-state index in [-0.39, 0.29) is 4.82 Å². The molecule has 0 aliphatic rings. The van der Waals surface area contributed by atoms with Crippen LogP contribution in [-0.4, -0.2) is 13.8 Å². The summed E-state index contributed by atoms with van der Waals surface area (Å²) in [4.78, 5) is -0.0672. The first-order valence-corrected chi connectivity index (χ1v) is 6.75. The third kappa shape index (κ3) is 2.52. The molecule has 68 valence electrons. The van der Waals surface area contributed by atoms with Gasteiger partial charge in [0, 0.05) is 0 Å². The van der Waals surface area contributed by atoms with E-state index in [0.717, 1.165) is 10.9 Å². The summed E-state index contributed by atoms with van der Waals surface area (Å²) in [6.07, 6.45) is 6.09. The average Bonchev–Trinajstić information content (AvgIpc) is 2.21. The Morgan fingerprint density at radius 2 is 2.08 bits per heavy atom. The number of terminal acetylenes is 1. The van der Waals surface area contributed by atoms with Crippen molar-refractivity contribution >= 4 is 18.3 Å². The Bertz CT molecular complexity index is 324. The van der Waals surface area contributed by atoms with Crippen molar-refractivity contribution in [2.75, 3.05) is 0 Å². The Morgan fingerprint density at radius 1 is 1.46 bits per heavy atom. The monoisotopic (exact) mass is 240 g/mol. The van der Waals surface area contributed by atoms with E-state index in [9.17, 15) is 3.83 Å². The van der Waals surface area contributed by atoms with Crippen molar-refractivity contribution in [3.05, 3.63) is 30.3 Å². The zero-order valence-corrected chi connectivity index (χ0v) is 9.28. The maximum absolute atomic E-state index is 11.9. The summed E-state index contributed by atoms with van der Waals surface area (Å²) in [5.74, 6) is 2.59. The molecule has 1 nitrogen and oxygen atoms in total. The van der Waals surface area contributed by atoms with Gasteiger partial charge in [0.15, 0.2) is 0 Å². The Kier molecular flexibility index (Phi) is 3.89. The molecule has 2 atom stereocenters. The summed E-state index contributed by atoms with van der Waals surface area (Å²) in [5.41, 5.74) is 0. The molecular formula is C11H12OSe. The van der Waals surface area contributed by atoms with Gasteiger partial charge in [-0.2, -0.15) is 0 Å². The molecule has 2 heteroatoms. The predicted octanol–water partition coefficient (Wildman–Crippen LogP) is 1.73. The van der Waals surface area contributed by atoms with E-state index in [1.807, 2.05) is 37.3 Å². The zero-order valence-electron chi connectivity index (χ0n) is 7.57. The third-order valence-electron chi connectivity index (χ3n) is 1.79. The average molecular weight is 239 g/mol. The molecule has 0 aliphatic heterocycles. The van der Waals surface area contributed by atoms with Gasteiger partial charge in [0.05, 0.1) is 0 Å². The molecule has 1 aromatic rings. The summed E-state index contributed by atoms with van der Waals surface area (Å²) in [6, 6.07) is 9.48. The first-order chi connectivity index (χ1) is 6.29. The van der Waals surface area contributed by atoms with E-state index >= 15 is 0 Å². The van der Waals surface area contributed by atoms with Crippen LogP contribution < -0.4 is 4.46 Å². The normalized spacial score (nSPS) is 14.5. The minimum atomic E-state index is -2.02. The Morgan fingerprint density at radius 3 is 2.54 bits per heavy atom. The molecule has 0 N–H and O–H groups in total. The van der Waals surface area contributed by atoms with Gasteiger partial charge in [-0.15, -0.1) is 0 Å². The fourth-order valence-corrected chi connectivity index (χ4v) is 3.53. The van der Waals surface area contributed by atoms with Crippen molar-refractivity contribution in [1.82, 2.24) is 0 Å². The molecule has 0 aromatic heterocycles. The minimum absolute atomic E-state index is 0.0672. The number of hydrogen-bond donors (Lipinski definition) is 0. The molecule has 0 spiro atoms. The molecule has 0 saturated carbocycles. The number of rotatable bonds is 3. The van der Waals surface area contributed by atoms with Gasteiger partial charge in [0.2, 0.25) is 0 Å². The predicted molar refractivity (Wildman–Crippen MR) is 55.4 cm³/mol. The fourth-order valence-electron chi connectivity index (χ4n) is 1.05. The van der Waals surface area contributed by atoms with E-state index in [1.54, 1.807) is 0 Å². The van der Waals surface area contributed by atoms with Crippen molar-refractivity contribution in [3.63, 3.8) is 0 Å². The standard InChI is InChI=1S/C11H12OSe/c1-3-10(4-2)13(12)11-8-6-5-7-9-11/h1,5-10H,4H2,2H3. The van der Waals surface area contributed by atoms with Crippen LogP contribution in [0.2, 0.25) is 4.82 Å². The third-order valence-corrected chi connectivity index (χ3v) is 5.41.